The van der Waals surface area contributed by atoms with E-state index in [9.17, 15) is 14.4 Å². The first kappa shape index (κ1) is 36.4. The quantitative estimate of drug-likeness (QED) is 0.0846. The summed E-state index contributed by atoms with van der Waals surface area (Å²) in [6.45, 7) is 0. The van der Waals surface area contributed by atoms with Crippen LogP contribution in [-0.4, -0.2) is 29.8 Å². The van der Waals surface area contributed by atoms with Crippen molar-refractivity contribution in [2.75, 3.05) is 17.7 Å². The van der Waals surface area contributed by atoms with E-state index in [1.165, 1.54) is 23.1 Å². The van der Waals surface area contributed by atoms with Gasteiger partial charge in [0.05, 0.1) is 22.8 Å². The van der Waals surface area contributed by atoms with Crippen LogP contribution < -0.4 is 20.7 Å². The van der Waals surface area contributed by atoms with E-state index < -0.39 is 17.1 Å². The predicted molar refractivity (Wildman–Crippen MR) is 211 cm³/mol. The molecule has 0 aliphatic rings. The van der Waals surface area contributed by atoms with Gasteiger partial charge in [0.2, 0.25) is 5.91 Å². The van der Waals surface area contributed by atoms with Crippen LogP contribution in [0.2, 0.25) is 10.0 Å². The molecule has 0 fully saturated rings. The largest absolute Gasteiger partial charge is 0.497 e. The first-order chi connectivity index (χ1) is 25.2. The van der Waals surface area contributed by atoms with Gasteiger partial charge in [-0.1, -0.05) is 96.0 Å². The molecule has 8 nitrogen and oxygen atoms in total. The average Bonchev–Trinajstić information content (AvgIpc) is 3.64. The molecule has 6 rings (SSSR count). The van der Waals surface area contributed by atoms with Crippen molar-refractivity contribution in [2.24, 2.45) is 0 Å². The fraction of sp³-hybridized carbons (Fsp3) is 0.0500. The molecular formula is C40H30Cl2N4O4S2. The molecule has 0 aliphatic carbocycles. The van der Waals surface area contributed by atoms with E-state index in [2.05, 4.69) is 20.9 Å². The normalized spacial score (nSPS) is 11.7. The number of amides is 3. The standard InChI is InChI=1S/C40H30Cl2N4O4S2/c1-50-30-18-15-25(16-19-30)21-34(44-37(47)27-11-6-3-7-12-27)38(48)43-29-13-8-14-31(23-29)52-36(26-9-4-2-5-10-26)39(49)46-40-45-35(24-51-40)28-17-20-32(41)33(42)22-28/h2-24,36H,1H3,(H,43,48)(H,44,47)(H,45,46,49)/b34-21+. The molecule has 0 saturated carbocycles. The SMILES string of the molecule is COc1ccc(/C=C(/NC(=O)c2ccccc2)C(=O)Nc2cccc(SC(C(=O)Nc3nc(-c4ccc(Cl)c(Cl)c4)cs3)c3ccccc3)c2)cc1. The van der Waals surface area contributed by atoms with Gasteiger partial charge in [-0.2, -0.15) is 0 Å². The molecule has 1 heterocycles. The molecule has 12 heteroatoms. The lowest BCUT2D eigenvalue weighted by Gasteiger charge is -2.17. The van der Waals surface area contributed by atoms with Crippen molar-refractivity contribution in [3.05, 3.63) is 165 Å². The van der Waals surface area contributed by atoms with E-state index in [1.54, 1.807) is 92.0 Å². The highest BCUT2D eigenvalue weighted by Gasteiger charge is 2.24. The maximum absolute atomic E-state index is 13.8. The lowest BCUT2D eigenvalue weighted by Crippen LogP contribution is -2.30. The molecule has 1 atom stereocenters. The van der Waals surface area contributed by atoms with Crippen molar-refractivity contribution in [3.8, 4) is 17.0 Å². The van der Waals surface area contributed by atoms with Gasteiger partial charge < -0.3 is 20.7 Å². The zero-order valence-electron chi connectivity index (χ0n) is 27.5. The number of nitrogens with zero attached hydrogens (tertiary/aromatic N) is 1. The second kappa shape index (κ2) is 17.2. The van der Waals surface area contributed by atoms with Gasteiger partial charge >= 0.3 is 0 Å². The molecule has 1 unspecified atom stereocenters. The van der Waals surface area contributed by atoms with Crippen LogP contribution in [0.4, 0.5) is 10.8 Å². The summed E-state index contributed by atoms with van der Waals surface area (Å²) < 4.78 is 5.25. The van der Waals surface area contributed by atoms with Crippen molar-refractivity contribution < 1.29 is 19.1 Å². The van der Waals surface area contributed by atoms with Crippen LogP contribution in [0.1, 0.15) is 26.7 Å². The van der Waals surface area contributed by atoms with E-state index in [0.29, 0.717) is 43.4 Å². The van der Waals surface area contributed by atoms with Gasteiger partial charge in [-0.25, -0.2) is 4.98 Å². The summed E-state index contributed by atoms with van der Waals surface area (Å²) in [5.74, 6) is -0.566. The Kier molecular flexibility index (Phi) is 12.1. The summed E-state index contributed by atoms with van der Waals surface area (Å²) in [6, 6.07) is 37.6. The van der Waals surface area contributed by atoms with Gasteiger partial charge in [-0.15, -0.1) is 23.1 Å². The van der Waals surface area contributed by atoms with E-state index in [0.717, 1.165) is 16.0 Å². The molecule has 3 amide bonds. The summed E-state index contributed by atoms with van der Waals surface area (Å²) >= 11 is 14.9. The van der Waals surface area contributed by atoms with E-state index in [-0.39, 0.29) is 11.6 Å². The van der Waals surface area contributed by atoms with Crippen molar-refractivity contribution >= 4 is 80.9 Å². The molecule has 0 saturated heterocycles. The van der Waals surface area contributed by atoms with E-state index >= 15 is 0 Å². The molecule has 0 aliphatic heterocycles. The summed E-state index contributed by atoms with van der Waals surface area (Å²) in [6.07, 6.45) is 1.59. The Labute approximate surface area is 318 Å². The number of hydrogen-bond acceptors (Lipinski definition) is 7. The van der Waals surface area contributed by atoms with Gasteiger partial charge in [0.25, 0.3) is 11.8 Å². The molecule has 260 valence electrons. The number of thiazole rings is 1. The molecule has 0 spiro atoms. The zero-order valence-corrected chi connectivity index (χ0v) is 30.7. The minimum atomic E-state index is -0.653. The number of halogens is 2. The lowest BCUT2D eigenvalue weighted by molar-refractivity contribution is -0.116. The zero-order chi connectivity index (χ0) is 36.5. The van der Waals surface area contributed by atoms with Crippen LogP contribution in [0.3, 0.4) is 0 Å². The third kappa shape index (κ3) is 9.48. The van der Waals surface area contributed by atoms with Crippen molar-refractivity contribution in [1.29, 1.82) is 0 Å². The fourth-order valence-electron chi connectivity index (χ4n) is 4.98. The smallest absolute Gasteiger partial charge is 0.272 e. The minimum absolute atomic E-state index is 0.0438. The number of rotatable bonds is 12. The summed E-state index contributed by atoms with van der Waals surface area (Å²) in [5, 5.41) is 11.1. The maximum Gasteiger partial charge on any atom is 0.272 e. The number of benzene rings is 5. The Morgan fingerprint density at radius 1 is 0.808 bits per heavy atom. The second-order valence-electron chi connectivity index (χ2n) is 11.2. The molecule has 0 bridgehead atoms. The number of methoxy groups -OCH3 is 1. The van der Waals surface area contributed by atoms with Crippen LogP contribution in [0.5, 0.6) is 5.75 Å². The molecule has 0 radical (unpaired) electrons. The van der Waals surface area contributed by atoms with E-state index in [4.69, 9.17) is 27.9 Å². The van der Waals surface area contributed by atoms with Crippen molar-refractivity contribution in [2.45, 2.75) is 10.1 Å². The number of carbonyl (C=O) groups excluding carboxylic acids is 3. The van der Waals surface area contributed by atoms with Crippen LogP contribution in [0.25, 0.3) is 17.3 Å². The van der Waals surface area contributed by atoms with Crippen molar-refractivity contribution in [1.82, 2.24) is 10.3 Å². The van der Waals surface area contributed by atoms with Gasteiger partial charge in [0.1, 0.15) is 16.7 Å². The average molecular weight is 766 g/mol. The van der Waals surface area contributed by atoms with Gasteiger partial charge in [0.15, 0.2) is 5.13 Å². The Morgan fingerprint density at radius 3 is 2.25 bits per heavy atom. The third-order valence-electron chi connectivity index (χ3n) is 7.59. The number of nitrogens with one attached hydrogen (secondary N) is 3. The van der Waals surface area contributed by atoms with Gasteiger partial charge in [-0.05, 0) is 71.8 Å². The predicted octanol–water partition coefficient (Wildman–Crippen LogP) is 10.0. The summed E-state index contributed by atoms with van der Waals surface area (Å²) in [5.41, 5.74) is 3.83. The topological polar surface area (TPSA) is 109 Å². The highest BCUT2D eigenvalue weighted by atomic mass is 35.5. The molecule has 5 aromatic carbocycles. The highest BCUT2D eigenvalue weighted by molar-refractivity contribution is 8.00. The molecular weight excluding hydrogens is 736 g/mol. The number of thioether (sulfide) groups is 1. The monoisotopic (exact) mass is 764 g/mol. The first-order valence-corrected chi connectivity index (χ1v) is 18.3. The number of hydrogen-bond donors (Lipinski definition) is 3. The number of carbonyl (C=O) groups is 3. The summed E-state index contributed by atoms with van der Waals surface area (Å²) in [4.78, 5) is 46.0. The molecule has 6 aromatic rings. The lowest BCUT2D eigenvalue weighted by atomic mass is 10.1. The fourth-order valence-corrected chi connectivity index (χ4v) is 7.09. The highest BCUT2D eigenvalue weighted by Crippen LogP contribution is 2.38. The Balaban J connectivity index is 1.21. The van der Waals surface area contributed by atoms with Crippen LogP contribution in [0, 0.1) is 0 Å². The third-order valence-corrected chi connectivity index (χ3v) is 10.3. The molecule has 3 N–H and O–H groups in total. The number of ether oxygens (including phenoxy) is 1. The number of anilines is 2. The van der Waals surface area contributed by atoms with Gasteiger partial charge in [-0.3, -0.25) is 14.4 Å². The van der Waals surface area contributed by atoms with Crippen molar-refractivity contribution in [3.63, 3.8) is 0 Å². The number of aromatic nitrogens is 1. The Bertz CT molecular complexity index is 2230. The van der Waals surface area contributed by atoms with Crippen LogP contribution in [-0.2, 0) is 9.59 Å². The molecule has 52 heavy (non-hydrogen) atoms. The van der Waals surface area contributed by atoms with Crippen LogP contribution in [0.15, 0.2) is 143 Å². The van der Waals surface area contributed by atoms with Gasteiger partial charge in [0, 0.05) is 27.1 Å². The molecule has 1 aromatic heterocycles. The Hall–Kier alpha value is -5.39. The maximum atomic E-state index is 13.8. The summed E-state index contributed by atoms with van der Waals surface area (Å²) in [7, 11) is 1.57. The first-order valence-electron chi connectivity index (χ1n) is 15.8. The minimum Gasteiger partial charge on any atom is -0.497 e. The second-order valence-corrected chi connectivity index (χ2v) is 14.0. The van der Waals surface area contributed by atoms with E-state index in [1.807, 2.05) is 53.9 Å². The Morgan fingerprint density at radius 2 is 1.54 bits per heavy atom. The van der Waals surface area contributed by atoms with Crippen LogP contribution >= 0.6 is 46.3 Å².